The van der Waals surface area contributed by atoms with E-state index in [1.54, 1.807) is 0 Å². The molecule has 0 aromatic carbocycles. The molecule has 0 saturated carbocycles. The Balaban J connectivity index is 3.89. The highest BCUT2D eigenvalue weighted by Gasteiger charge is 2.44. The fraction of sp³-hybridized carbons (Fsp3) is 1.00. The van der Waals surface area contributed by atoms with Crippen molar-refractivity contribution in [1.29, 1.82) is 0 Å². The quantitative estimate of drug-likeness (QED) is 0.364. The van der Waals surface area contributed by atoms with Crippen LogP contribution in [-0.2, 0) is 13.6 Å². The van der Waals surface area contributed by atoms with Crippen molar-refractivity contribution < 1.29 is 33.8 Å². The summed E-state index contributed by atoms with van der Waals surface area (Å²) in [6.07, 6.45) is 0. The van der Waals surface area contributed by atoms with Crippen molar-refractivity contribution in [1.82, 2.24) is 0 Å². The molecule has 0 aliphatic rings. The summed E-state index contributed by atoms with van der Waals surface area (Å²) in [6, 6.07) is 0. The smallest absolute Gasteiger partial charge is 0.394 e. The van der Waals surface area contributed by atoms with Gasteiger partial charge in [0, 0.05) is 0 Å². The Kier molecular flexibility index (Phi) is 8.55. The Hall–Kier alpha value is 0.150. The van der Waals surface area contributed by atoms with Gasteiger partial charge in [0.25, 0.3) is 0 Å². The lowest BCUT2D eigenvalue weighted by molar-refractivity contribution is 0.0486. The van der Waals surface area contributed by atoms with Crippen LogP contribution < -0.4 is 0 Å². The van der Waals surface area contributed by atoms with Crippen LogP contribution in [0.3, 0.4) is 0 Å². The number of aliphatic hydroxyl groups is 3. The van der Waals surface area contributed by atoms with Gasteiger partial charge in [0.1, 0.15) is 19.8 Å². The van der Waals surface area contributed by atoms with Crippen LogP contribution in [0, 0.1) is 0 Å². The van der Waals surface area contributed by atoms with Gasteiger partial charge in [-0.3, -0.25) is 0 Å². The van der Waals surface area contributed by atoms with E-state index in [4.69, 9.17) is 28.9 Å². The van der Waals surface area contributed by atoms with Crippen molar-refractivity contribution in [3.63, 3.8) is 0 Å². The number of hydrogen-bond acceptors (Lipinski definition) is 7. The largest absolute Gasteiger partial charge is 0.572 e. The lowest BCUT2D eigenvalue weighted by Gasteiger charge is -2.13. The summed E-state index contributed by atoms with van der Waals surface area (Å²) in [4.78, 5) is 9.52. The maximum Gasteiger partial charge on any atom is 0.572 e. The predicted octanol–water partition coefficient (Wildman–Crippen LogP) is -1.32. The Bertz CT molecular complexity index is 112. The van der Waals surface area contributed by atoms with Gasteiger partial charge in [0.15, 0.2) is 0 Å². The van der Waals surface area contributed by atoms with Gasteiger partial charge in [0.2, 0.25) is 0 Å². The highest BCUT2D eigenvalue weighted by Crippen LogP contribution is 2.57. The van der Waals surface area contributed by atoms with Gasteiger partial charge < -0.3 is 15.3 Å². The predicted molar refractivity (Wildman–Crippen MR) is 48.3 cm³/mol. The molecule has 0 aliphatic carbocycles. The van der Waals surface area contributed by atoms with Crippen molar-refractivity contribution in [2.24, 2.45) is 0 Å². The maximum atomic E-state index is 9.52. The topological polar surface area (TPSA) is 109 Å². The van der Waals surface area contributed by atoms with Gasteiger partial charge in [-0.15, -0.1) is 0 Å². The monoisotopic (exact) mass is 231 g/mol. The molecule has 7 nitrogen and oxygen atoms in total. The molecule has 8 heteroatoms. The van der Waals surface area contributed by atoms with Gasteiger partial charge in [0.05, 0.1) is 19.8 Å². The van der Waals surface area contributed by atoms with E-state index in [9.17, 15) is 4.89 Å². The Morgan fingerprint density at radius 2 is 1.00 bits per heavy atom. The van der Waals surface area contributed by atoms with E-state index in [1.807, 2.05) is 0 Å². The molecule has 0 aromatic heterocycles. The second-order valence-corrected chi connectivity index (χ2v) is 3.85. The first kappa shape index (κ1) is 14.2. The molecule has 0 saturated heterocycles. The standard InChI is InChI=1S/C6H16O7P/c7-1-4-11-14(10,12-5-2-8)13-6-3-9/h7-10H,1-6H2/q+1. The number of aliphatic hydroxyl groups excluding tert-OH is 3. The van der Waals surface area contributed by atoms with E-state index in [2.05, 4.69) is 0 Å². The second kappa shape index (κ2) is 8.46. The molecule has 0 rings (SSSR count). The third-order valence-electron chi connectivity index (χ3n) is 1.04. The van der Waals surface area contributed by atoms with Gasteiger partial charge in [-0.25, -0.2) is 0 Å². The zero-order chi connectivity index (χ0) is 10.9. The van der Waals surface area contributed by atoms with Gasteiger partial charge in [-0.1, -0.05) is 0 Å². The molecular formula is C6H16O7P+. The minimum Gasteiger partial charge on any atom is -0.394 e. The molecule has 0 bridgehead atoms. The summed E-state index contributed by atoms with van der Waals surface area (Å²) < 4.78 is 14.2. The number of hydrogen-bond donors (Lipinski definition) is 4. The van der Waals surface area contributed by atoms with Crippen LogP contribution >= 0.6 is 8.17 Å². The molecule has 0 unspecified atom stereocenters. The summed E-state index contributed by atoms with van der Waals surface area (Å²) in [5, 5.41) is 25.4. The van der Waals surface area contributed by atoms with Crippen molar-refractivity contribution in [2.75, 3.05) is 39.6 Å². The van der Waals surface area contributed by atoms with Crippen LogP contribution in [0.25, 0.3) is 0 Å². The van der Waals surface area contributed by atoms with Gasteiger partial charge in [-0.05, 0) is 0 Å². The lowest BCUT2D eigenvalue weighted by Crippen LogP contribution is -2.13. The molecule has 0 spiro atoms. The lowest BCUT2D eigenvalue weighted by atomic mass is 10.8. The van der Waals surface area contributed by atoms with E-state index >= 15 is 0 Å². The summed E-state index contributed by atoms with van der Waals surface area (Å²) in [7, 11) is -3.50. The van der Waals surface area contributed by atoms with Gasteiger partial charge >= 0.3 is 8.17 Å². The first-order valence-corrected chi connectivity index (χ1v) is 5.56. The van der Waals surface area contributed by atoms with E-state index in [1.165, 1.54) is 0 Å². The SMILES string of the molecule is OCCO[P+](O)(OCCO)OCCO. The van der Waals surface area contributed by atoms with Crippen LogP contribution in [0.4, 0.5) is 0 Å². The van der Waals surface area contributed by atoms with Crippen molar-refractivity contribution in [3.8, 4) is 0 Å². The highest BCUT2D eigenvalue weighted by molar-refractivity contribution is 7.55. The van der Waals surface area contributed by atoms with Crippen molar-refractivity contribution >= 4 is 8.17 Å². The number of rotatable bonds is 9. The molecule has 0 aromatic rings. The van der Waals surface area contributed by atoms with Crippen molar-refractivity contribution in [2.45, 2.75) is 0 Å². The molecule has 4 N–H and O–H groups in total. The van der Waals surface area contributed by atoms with Gasteiger partial charge in [-0.2, -0.15) is 18.5 Å². The zero-order valence-corrected chi connectivity index (χ0v) is 8.60. The summed E-state index contributed by atoms with van der Waals surface area (Å²) in [6.45, 7) is -1.27. The van der Waals surface area contributed by atoms with E-state index < -0.39 is 8.17 Å². The average Bonchev–Trinajstić information content (AvgIpc) is 2.21. The fourth-order valence-electron chi connectivity index (χ4n) is 0.580. The zero-order valence-electron chi connectivity index (χ0n) is 7.70. The molecule has 0 amide bonds. The molecule has 0 fully saturated rings. The first-order chi connectivity index (χ1) is 6.68. The third kappa shape index (κ3) is 6.58. The normalized spacial score (nSPS) is 12.0. The van der Waals surface area contributed by atoms with Crippen LogP contribution in [-0.4, -0.2) is 59.9 Å². The molecular weight excluding hydrogens is 215 g/mol. The minimum absolute atomic E-state index is 0.138. The van der Waals surface area contributed by atoms with Crippen LogP contribution in [0.2, 0.25) is 0 Å². The maximum absolute atomic E-state index is 9.52. The summed E-state index contributed by atoms with van der Waals surface area (Å²) in [5.74, 6) is 0. The fourth-order valence-corrected chi connectivity index (χ4v) is 1.74. The van der Waals surface area contributed by atoms with Crippen molar-refractivity contribution in [3.05, 3.63) is 0 Å². The molecule has 0 atom stereocenters. The molecule has 0 heterocycles. The Morgan fingerprint density at radius 1 is 0.714 bits per heavy atom. The van der Waals surface area contributed by atoms with Crippen LogP contribution in [0.1, 0.15) is 0 Å². The Labute approximate surface area is 82.5 Å². The summed E-state index contributed by atoms with van der Waals surface area (Å²) in [5.41, 5.74) is 0. The molecule has 86 valence electrons. The minimum atomic E-state index is -3.50. The molecule has 0 aliphatic heterocycles. The highest BCUT2D eigenvalue weighted by atomic mass is 31.2. The average molecular weight is 231 g/mol. The third-order valence-corrected chi connectivity index (χ3v) is 2.56. The Morgan fingerprint density at radius 3 is 1.21 bits per heavy atom. The van der Waals surface area contributed by atoms with E-state index in [0.29, 0.717) is 0 Å². The second-order valence-electron chi connectivity index (χ2n) is 2.14. The molecule has 14 heavy (non-hydrogen) atoms. The van der Waals surface area contributed by atoms with E-state index in [-0.39, 0.29) is 39.6 Å². The molecule has 0 radical (unpaired) electrons. The van der Waals surface area contributed by atoms with Crippen LogP contribution in [0.15, 0.2) is 0 Å². The summed E-state index contributed by atoms with van der Waals surface area (Å²) >= 11 is 0. The first-order valence-electron chi connectivity index (χ1n) is 4.06. The van der Waals surface area contributed by atoms with E-state index in [0.717, 1.165) is 0 Å². The van der Waals surface area contributed by atoms with Crippen LogP contribution in [0.5, 0.6) is 0 Å².